The van der Waals surface area contributed by atoms with Crippen LogP contribution in [0.5, 0.6) is 0 Å². The van der Waals surface area contributed by atoms with Crippen LogP contribution in [0.1, 0.15) is 17.5 Å². The highest BCUT2D eigenvalue weighted by Gasteiger charge is 2.31. The molecule has 2 aliphatic heterocycles. The number of benzene rings is 2. The molecule has 0 aromatic heterocycles. The van der Waals surface area contributed by atoms with Gasteiger partial charge in [-0.05, 0) is 30.0 Å². The number of rotatable bonds is 5. The minimum Gasteiger partial charge on any atom is -0.360 e. The molecule has 0 bridgehead atoms. The standard InChI is InChI=1S/C22H25F2N3O3S/c23-19-13-18-7-4-8-26(22(18)20(24)14-19)15-21(28)25-9-11-27(12-10-25)31(29,30)16-17-5-2-1-3-6-17/h1-3,5-6,13-14H,4,7-12,15-16H2. The van der Waals surface area contributed by atoms with Gasteiger partial charge in [-0.1, -0.05) is 30.3 Å². The monoisotopic (exact) mass is 449 g/mol. The first-order chi connectivity index (χ1) is 14.8. The van der Waals surface area contributed by atoms with Crippen molar-refractivity contribution >= 4 is 21.6 Å². The van der Waals surface area contributed by atoms with Gasteiger partial charge in [-0.3, -0.25) is 4.79 Å². The van der Waals surface area contributed by atoms with Crippen LogP contribution in [0.25, 0.3) is 0 Å². The summed E-state index contributed by atoms with van der Waals surface area (Å²) in [7, 11) is -3.46. The van der Waals surface area contributed by atoms with Gasteiger partial charge >= 0.3 is 0 Å². The maximum atomic E-state index is 14.4. The highest BCUT2D eigenvalue weighted by molar-refractivity contribution is 7.88. The highest BCUT2D eigenvalue weighted by Crippen LogP contribution is 2.31. The third-order valence-electron chi connectivity index (χ3n) is 5.80. The molecule has 1 amide bonds. The summed E-state index contributed by atoms with van der Waals surface area (Å²) >= 11 is 0. The second-order valence-electron chi connectivity index (χ2n) is 7.94. The molecule has 0 N–H and O–H groups in total. The Morgan fingerprint density at radius 1 is 0.968 bits per heavy atom. The molecule has 0 atom stereocenters. The maximum Gasteiger partial charge on any atom is 0.242 e. The van der Waals surface area contributed by atoms with Gasteiger partial charge in [-0.2, -0.15) is 4.31 Å². The molecular formula is C22H25F2N3O3S. The molecular weight excluding hydrogens is 424 g/mol. The summed E-state index contributed by atoms with van der Waals surface area (Å²) in [5.41, 5.74) is 1.60. The smallest absolute Gasteiger partial charge is 0.242 e. The molecule has 1 fully saturated rings. The van der Waals surface area contributed by atoms with E-state index in [0.717, 1.165) is 11.6 Å². The van der Waals surface area contributed by atoms with E-state index in [1.807, 2.05) is 6.07 Å². The molecule has 2 aromatic rings. The molecule has 2 aliphatic rings. The summed E-state index contributed by atoms with van der Waals surface area (Å²) in [6.07, 6.45) is 1.29. The zero-order chi connectivity index (χ0) is 22.0. The fraction of sp³-hybridized carbons (Fsp3) is 0.409. The van der Waals surface area contributed by atoms with Gasteiger partial charge < -0.3 is 9.80 Å². The van der Waals surface area contributed by atoms with Gasteiger partial charge in [0, 0.05) is 38.8 Å². The van der Waals surface area contributed by atoms with Gasteiger partial charge in [-0.15, -0.1) is 0 Å². The third-order valence-corrected chi connectivity index (χ3v) is 7.65. The van der Waals surface area contributed by atoms with Crippen molar-refractivity contribution in [3.63, 3.8) is 0 Å². The normalized spacial score (nSPS) is 17.5. The van der Waals surface area contributed by atoms with Crippen molar-refractivity contribution in [2.75, 3.05) is 44.2 Å². The van der Waals surface area contributed by atoms with Crippen molar-refractivity contribution in [2.24, 2.45) is 0 Å². The van der Waals surface area contributed by atoms with E-state index in [1.54, 1.807) is 34.1 Å². The molecule has 0 aliphatic carbocycles. The van der Waals surface area contributed by atoms with Gasteiger partial charge in [0.2, 0.25) is 15.9 Å². The summed E-state index contributed by atoms with van der Waals surface area (Å²) < 4.78 is 54.7. The van der Waals surface area contributed by atoms with Crippen LogP contribution >= 0.6 is 0 Å². The molecule has 31 heavy (non-hydrogen) atoms. The summed E-state index contributed by atoms with van der Waals surface area (Å²) in [5.74, 6) is -1.52. The zero-order valence-corrected chi connectivity index (χ0v) is 18.0. The number of fused-ring (bicyclic) bond motifs is 1. The Bertz CT molecular complexity index is 1060. The average molecular weight is 450 g/mol. The fourth-order valence-corrected chi connectivity index (χ4v) is 5.77. The molecule has 2 heterocycles. The molecule has 1 saturated heterocycles. The third kappa shape index (κ3) is 4.88. The summed E-state index contributed by atoms with van der Waals surface area (Å²) in [6.45, 7) is 1.56. The summed E-state index contributed by atoms with van der Waals surface area (Å²) in [4.78, 5) is 16.1. The molecule has 0 unspecified atom stereocenters. The number of amides is 1. The van der Waals surface area contributed by atoms with E-state index >= 15 is 0 Å². The molecule has 9 heteroatoms. The maximum absolute atomic E-state index is 14.4. The number of sulfonamides is 1. The second-order valence-corrected chi connectivity index (χ2v) is 9.91. The summed E-state index contributed by atoms with van der Waals surface area (Å²) in [6, 6.07) is 11.2. The number of carbonyl (C=O) groups excluding carboxylic acids is 1. The van der Waals surface area contributed by atoms with E-state index < -0.39 is 21.7 Å². The zero-order valence-electron chi connectivity index (χ0n) is 17.1. The number of halogens is 2. The largest absolute Gasteiger partial charge is 0.360 e. The SMILES string of the molecule is O=C(CN1CCCc2cc(F)cc(F)c21)N1CCN(S(=O)(=O)Cc2ccccc2)CC1. The molecule has 6 nitrogen and oxygen atoms in total. The van der Waals surface area contributed by atoms with E-state index in [-0.39, 0.29) is 31.3 Å². The van der Waals surface area contributed by atoms with Crippen LogP contribution in [-0.4, -0.2) is 62.8 Å². The first-order valence-electron chi connectivity index (χ1n) is 10.4. The second kappa shape index (κ2) is 8.92. The predicted molar refractivity (Wildman–Crippen MR) is 114 cm³/mol. The van der Waals surface area contributed by atoms with Crippen molar-refractivity contribution in [3.05, 3.63) is 65.2 Å². The first kappa shape index (κ1) is 21.7. The van der Waals surface area contributed by atoms with Crippen molar-refractivity contribution in [1.82, 2.24) is 9.21 Å². The number of nitrogens with zero attached hydrogens (tertiary/aromatic N) is 3. The number of piperazine rings is 1. The van der Waals surface area contributed by atoms with Gasteiger partial charge in [0.15, 0.2) is 0 Å². The Morgan fingerprint density at radius 3 is 2.39 bits per heavy atom. The van der Waals surface area contributed by atoms with E-state index in [2.05, 4.69) is 0 Å². The fourth-order valence-electron chi connectivity index (χ4n) is 4.25. The Morgan fingerprint density at radius 2 is 1.68 bits per heavy atom. The van der Waals surface area contributed by atoms with Gasteiger partial charge in [-0.25, -0.2) is 17.2 Å². The minimum atomic E-state index is -3.46. The van der Waals surface area contributed by atoms with E-state index in [4.69, 9.17) is 0 Å². The Labute approximate surface area is 181 Å². The number of carbonyl (C=O) groups is 1. The van der Waals surface area contributed by atoms with Crippen LogP contribution in [0.4, 0.5) is 14.5 Å². The van der Waals surface area contributed by atoms with Gasteiger partial charge in [0.25, 0.3) is 0 Å². The first-order valence-corrected chi connectivity index (χ1v) is 12.0. The van der Waals surface area contributed by atoms with Crippen LogP contribution in [0.3, 0.4) is 0 Å². The van der Waals surface area contributed by atoms with Crippen molar-refractivity contribution in [2.45, 2.75) is 18.6 Å². The quantitative estimate of drug-likeness (QED) is 0.703. The topological polar surface area (TPSA) is 60.9 Å². The van der Waals surface area contributed by atoms with E-state index in [0.29, 0.717) is 43.7 Å². The van der Waals surface area contributed by atoms with Gasteiger partial charge in [0.05, 0.1) is 18.0 Å². The predicted octanol–water partition coefficient (Wildman–Crippen LogP) is 2.39. The summed E-state index contributed by atoms with van der Waals surface area (Å²) in [5, 5.41) is 0. The lowest BCUT2D eigenvalue weighted by molar-refractivity contribution is -0.130. The van der Waals surface area contributed by atoms with Crippen molar-refractivity contribution in [1.29, 1.82) is 0 Å². The molecule has 0 saturated carbocycles. The van der Waals surface area contributed by atoms with Crippen LogP contribution in [-0.2, 0) is 27.0 Å². The van der Waals surface area contributed by atoms with Crippen molar-refractivity contribution in [3.8, 4) is 0 Å². The average Bonchev–Trinajstić information content (AvgIpc) is 2.74. The number of aryl methyl sites for hydroxylation is 1. The molecule has 0 radical (unpaired) electrons. The Kier molecular flexibility index (Phi) is 6.24. The molecule has 4 rings (SSSR count). The lowest BCUT2D eigenvalue weighted by atomic mass is 10.0. The Balaban J connectivity index is 1.36. The number of anilines is 1. The van der Waals surface area contributed by atoms with E-state index in [9.17, 15) is 22.0 Å². The molecule has 2 aromatic carbocycles. The number of hydrogen-bond acceptors (Lipinski definition) is 4. The number of hydrogen-bond donors (Lipinski definition) is 0. The highest BCUT2D eigenvalue weighted by atomic mass is 32.2. The van der Waals surface area contributed by atoms with Crippen LogP contribution in [0.2, 0.25) is 0 Å². The minimum absolute atomic E-state index is 0.00762. The van der Waals surface area contributed by atoms with Gasteiger partial charge in [0.1, 0.15) is 11.6 Å². The van der Waals surface area contributed by atoms with Crippen LogP contribution < -0.4 is 4.90 Å². The van der Waals surface area contributed by atoms with Crippen LogP contribution in [0, 0.1) is 11.6 Å². The lowest BCUT2D eigenvalue weighted by Crippen LogP contribution is -2.53. The van der Waals surface area contributed by atoms with E-state index in [1.165, 1.54) is 10.4 Å². The van der Waals surface area contributed by atoms with Crippen LogP contribution in [0.15, 0.2) is 42.5 Å². The van der Waals surface area contributed by atoms with Crippen molar-refractivity contribution < 1.29 is 22.0 Å². The molecule has 0 spiro atoms. The lowest BCUT2D eigenvalue weighted by Gasteiger charge is -2.37. The molecule has 166 valence electrons. The Hall–Kier alpha value is -2.52.